The molecule has 2 atom stereocenters. The van der Waals surface area contributed by atoms with Crippen LogP contribution in [0.3, 0.4) is 0 Å². The summed E-state index contributed by atoms with van der Waals surface area (Å²) < 4.78 is 5.87. The van der Waals surface area contributed by atoms with Gasteiger partial charge in [0.05, 0.1) is 31.0 Å². The summed E-state index contributed by atoms with van der Waals surface area (Å²) >= 11 is 0. The second-order valence-electron chi connectivity index (χ2n) is 11.3. The van der Waals surface area contributed by atoms with Gasteiger partial charge in [0.1, 0.15) is 5.82 Å². The summed E-state index contributed by atoms with van der Waals surface area (Å²) in [7, 11) is 4.07. The van der Waals surface area contributed by atoms with Gasteiger partial charge < -0.3 is 25.2 Å². The molecule has 40 heavy (non-hydrogen) atoms. The maximum atomic E-state index is 12.6. The number of urea groups is 1. The van der Waals surface area contributed by atoms with Crippen molar-refractivity contribution >= 4 is 23.2 Å². The second-order valence-corrected chi connectivity index (χ2v) is 11.3. The lowest BCUT2D eigenvalue weighted by molar-refractivity contribution is 0.0900. The molecule has 6 rings (SSSR count). The zero-order valence-electron chi connectivity index (χ0n) is 23.7. The van der Waals surface area contributed by atoms with Gasteiger partial charge in [-0.25, -0.2) is 14.8 Å². The molecule has 0 aliphatic carbocycles. The summed E-state index contributed by atoms with van der Waals surface area (Å²) in [5.74, 6) is 1.84. The number of anilines is 3. The van der Waals surface area contributed by atoms with Crippen LogP contribution < -0.4 is 15.5 Å². The molecular weight excluding hydrogens is 502 g/mol. The molecular formula is C31H39N7O2. The largest absolute Gasteiger partial charge is 0.377 e. The third-order valence-electron chi connectivity index (χ3n) is 8.17. The molecule has 2 unspecified atom stereocenters. The predicted molar refractivity (Wildman–Crippen MR) is 159 cm³/mol. The number of nitrogens with zero attached hydrogens (tertiary/aromatic N) is 5. The Morgan fingerprint density at radius 2 is 1.62 bits per heavy atom. The Morgan fingerprint density at radius 1 is 0.975 bits per heavy atom. The van der Waals surface area contributed by atoms with Crippen LogP contribution >= 0.6 is 0 Å². The predicted octanol–water partition coefficient (Wildman–Crippen LogP) is 4.59. The fourth-order valence-electron chi connectivity index (χ4n) is 6.11. The highest BCUT2D eigenvalue weighted by molar-refractivity contribution is 5.99. The highest BCUT2D eigenvalue weighted by atomic mass is 16.5. The van der Waals surface area contributed by atoms with E-state index in [2.05, 4.69) is 32.3 Å². The number of nitrogens with one attached hydrogen (secondary N) is 2. The van der Waals surface area contributed by atoms with Crippen molar-refractivity contribution in [3.05, 3.63) is 65.4 Å². The first-order valence-electron chi connectivity index (χ1n) is 14.4. The molecule has 1 aromatic heterocycles. The van der Waals surface area contributed by atoms with Crippen LogP contribution in [0, 0.1) is 0 Å². The summed E-state index contributed by atoms with van der Waals surface area (Å²) in [5.41, 5.74) is 6.05. The third kappa shape index (κ3) is 5.68. The first kappa shape index (κ1) is 26.7. The van der Waals surface area contributed by atoms with Crippen LogP contribution in [0.5, 0.6) is 0 Å². The van der Waals surface area contributed by atoms with E-state index in [4.69, 9.17) is 14.7 Å². The fraction of sp³-hybridized carbons (Fsp3) is 0.452. The van der Waals surface area contributed by atoms with Crippen molar-refractivity contribution < 1.29 is 9.53 Å². The van der Waals surface area contributed by atoms with E-state index in [0.29, 0.717) is 17.8 Å². The minimum absolute atomic E-state index is 0.275. The molecule has 0 radical (unpaired) electrons. The molecule has 2 bridgehead atoms. The van der Waals surface area contributed by atoms with Gasteiger partial charge in [-0.3, -0.25) is 4.90 Å². The Bertz CT molecular complexity index is 1330. The van der Waals surface area contributed by atoms with Crippen LogP contribution in [0.4, 0.5) is 22.0 Å². The fourth-order valence-corrected chi connectivity index (χ4v) is 6.11. The number of fused-ring (bicyclic) bond motifs is 3. The number of likely N-dealkylation sites (N-methyl/N-ethyl adjacent to an activating group) is 1. The zero-order valence-corrected chi connectivity index (χ0v) is 23.7. The molecule has 2 aromatic carbocycles. The minimum Gasteiger partial charge on any atom is -0.377 e. The molecule has 3 aliphatic rings. The van der Waals surface area contributed by atoms with Gasteiger partial charge in [0.15, 0.2) is 5.82 Å². The lowest BCUT2D eigenvalue weighted by Gasteiger charge is -2.38. The number of rotatable bonds is 7. The zero-order chi connectivity index (χ0) is 27.6. The van der Waals surface area contributed by atoms with Crippen molar-refractivity contribution in [2.24, 2.45) is 0 Å². The molecule has 2 saturated heterocycles. The average molecular weight is 542 g/mol. The van der Waals surface area contributed by atoms with Crippen LogP contribution in [-0.2, 0) is 24.2 Å². The number of carbonyl (C=O) groups excluding carboxylic acids is 1. The molecule has 210 valence electrons. The second kappa shape index (κ2) is 11.5. The van der Waals surface area contributed by atoms with E-state index in [-0.39, 0.29) is 6.03 Å². The Labute approximate surface area is 236 Å². The van der Waals surface area contributed by atoms with Crippen LogP contribution in [-0.4, -0.2) is 78.3 Å². The highest BCUT2D eigenvalue weighted by Gasteiger charge is 2.40. The van der Waals surface area contributed by atoms with Crippen LogP contribution in [0.1, 0.15) is 36.6 Å². The van der Waals surface area contributed by atoms with Gasteiger partial charge in [-0.05, 0) is 81.9 Å². The molecule has 3 aliphatic heterocycles. The van der Waals surface area contributed by atoms with Crippen molar-refractivity contribution in [2.45, 2.75) is 51.4 Å². The number of amides is 2. The molecule has 0 saturated carbocycles. The number of aromatic nitrogens is 2. The molecule has 2 N–H and O–H groups in total. The van der Waals surface area contributed by atoms with Gasteiger partial charge >= 0.3 is 6.03 Å². The van der Waals surface area contributed by atoms with E-state index < -0.39 is 0 Å². The Balaban J connectivity index is 1.20. The summed E-state index contributed by atoms with van der Waals surface area (Å²) in [6.45, 7) is 7.52. The van der Waals surface area contributed by atoms with Gasteiger partial charge in [0.25, 0.3) is 0 Å². The van der Waals surface area contributed by atoms with Crippen molar-refractivity contribution in [3.8, 4) is 11.4 Å². The molecule has 4 heterocycles. The minimum atomic E-state index is -0.275. The van der Waals surface area contributed by atoms with Gasteiger partial charge in [0.2, 0.25) is 0 Å². The van der Waals surface area contributed by atoms with Crippen LogP contribution in [0.2, 0.25) is 0 Å². The Morgan fingerprint density at radius 3 is 2.25 bits per heavy atom. The molecule has 9 heteroatoms. The van der Waals surface area contributed by atoms with Gasteiger partial charge in [-0.2, -0.15) is 0 Å². The van der Waals surface area contributed by atoms with Crippen LogP contribution in [0.15, 0.2) is 48.5 Å². The average Bonchev–Trinajstić information content (AvgIpc) is 3.20. The number of morpholine rings is 1. The molecule has 9 nitrogen and oxygen atoms in total. The number of hydrogen-bond acceptors (Lipinski definition) is 7. The first-order valence-corrected chi connectivity index (χ1v) is 14.4. The van der Waals surface area contributed by atoms with Gasteiger partial charge in [-0.15, -0.1) is 0 Å². The lowest BCUT2D eigenvalue weighted by Crippen LogP contribution is -2.47. The number of ether oxygens (including phenoxy) is 1. The maximum Gasteiger partial charge on any atom is 0.323 e. The summed E-state index contributed by atoms with van der Waals surface area (Å²) in [6, 6.07) is 16.2. The Hall–Kier alpha value is -3.53. The summed E-state index contributed by atoms with van der Waals surface area (Å²) in [4.78, 5) is 30.0. The van der Waals surface area contributed by atoms with Crippen molar-refractivity contribution in [1.82, 2.24) is 19.8 Å². The number of benzene rings is 2. The number of carbonyl (C=O) groups is 1. The topological polar surface area (TPSA) is 85.9 Å². The summed E-state index contributed by atoms with van der Waals surface area (Å²) in [6.07, 6.45) is 3.29. The van der Waals surface area contributed by atoms with Gasteiger partial charge in [0, 0.05) is 42.1 Å². The maximum absolute atomic E-state index is 12.6. The van der Waals surface area contributed by atoms with Crippen LogP contribution in [0.25, 0.3) is 11.4 Å². The van der Waals surface area contributed by atoms with E-state index in [1.807, 2.05) is 62.6 Å². The van der Waals surface area contributed by atoms with Crippen molar-refractivity contribution in [1.29, 1.82) is 0 Å². The first-order chi connectivity index (χ1) is 19.5. The van der Waals surface area contributed by atoms with E-state index in [9.17, 15) is 4.79 Å². The van der Waals surface area contributed by atoms with E-state index >= 15 is 0 Å². The SMILES string of the molecule is CCN1CCc2c(nc(-c3ccc(NC(=O)Nc4ccc(CN(C)C)cc4)cc3)nc2N2C3CCC2COC3)C1. The monoisotopic (exact) mass is 541 g/mol. The number of hydrogen-bond donors (Lipinski definition) is 2. The molecule has 3 aromatic rings. The quantitative estimate of drug-likeness (QED) is 0.452. The van der Waals surface area contributed by atoms with Gasteiger partial charge in [-0.1, -0.05) is 19.1 Å². The molecule has 2 fully saturated rings. The van der Waals surface area contributed by atoms with E-state index in [1.165, 1.54) is 11.1 Å². The third-order valence-corrected chi connectivity index (χ3v) is 8.17. The normalized spacial score (nSPS) is 20.4. The molecule has 0 spiro atoms. The molecule has 2 amide bonds. The highest BCUT2D eigenvalue weighted by Crippen LogP contribution is 2.38. The standard InChI is InChI=1S/C31H39N7O2/c1-4-37-16-15-27-28(18-37)34-29(35-30(27)38-25-13-14-26(38)20-40-19-25)22-7-11-24(12-8-22)33-31(39)32-23-9-5-21(6-10-23)17-36(2)3/h5-12,25-26H,4,13-20H2,1-3H3,(H2,32,33,39). The van der Waals surface area contributed by atoms with E-state index in [0.717, 1.165) is 87.2 Å². The Kier molecular flexibility index (Phi) is 7.69. The lowest BCUT2D eigenvalue weighted by atomic mass is 10.0. The van der Waals surface area contributed by atoms with Crippen molar-refractivity contribution in [2.75, 3.05) is 55.9 Å². The van der Waals surface area contributed by atoms with Crippen molar-refractivity contribution in [3.63, 3.8) is 0 Å². The smallest absolute Gasteiger partial charge is 0.323 e. The summed E-state index contributed by atoms with van der Waals surface area (Å²) in [5, 5.41) is 5.84. The van der Waals surface area contributed by atoms with E-state index in [1.54, 1.807) is 0 Å².